The van der Waals surface area contributed by atoms with Gasteiger partial charge in [0.25, 0.3) is 5.91 Å². The third-order valence-electron chi connectivity index (χ3n) is 3.27. The number of anilines is 1. The molecule has 0 aliphatic rings. The number of benzene rings is 1. The van der Waals surface area contributed by atoms with Gasteiger partial charge in [0.1, 0.15) is 5.82 Å². The Morgan fingerprint density at radius 1 is 1.32 bits per heavy atom. The number of hydrogen-bond donors (Lipinski definition) is 2. The van der Waals surface area contributed by atoms with Crippen LogP contribution in [0.25, 0.3) is 10.8 Å². The summed E-state index contributed by atoms with van der Waals surface area (Å²) in [4.78, 5) is 16.6. The molecule has 4 heteroatoms. The van der Waals surface area contributed by atoms with E-state index in [-0.39, 0.29) is 11.9 Å². The Morgan fingerprint density at radius 3 is 2.63 bits per heavy atom. The molecule has 1 aromatic heterocycles. The molecule has 2 aromatic rings. The van der Waals surface area contributed by atoms with Crippen molar-refractivity contribution in [2.45, 2.75) is 26.3 Å². The number of hydrogen-bond acceptors (Lipinski definition) is 3. The van der Waals surface area contributed by atoms with Gasteiger partial charge in [-0.15, -0.1) is 0 Å². The lowest BCUT2D eigenvalue weighted by Gasteiger charge is -2.13. The normalized spacial score (nSPS) is 12.2. The van der Waals surface area contributed by atoms with Crippen LogP contribution in [-0.2, 0) is 0 Å². The van der Waals surface area contributed by atoms with Gasteiger partial charge in [-0.05, 0) is 18.7 Å². The van der Waals surface area contributed by atoms with Crippen molar-refractivity contribution in [1.82, 2.24) is 10.3 Å². The van der Waals surface area contributed by atoms with Gasteiger partial charge in [0.2, 0.25) is 0 Å². The van der Waals surface area contributed by atoms with Gasteiger partial charge >= 0.3 is 0 Å². The fourth-order valence-electron chi connectivity index (χ4n) is 1.98. The smallest absolute Gasteiger partial charge is 0.253 e. The Kier molecular flexibility index (Phi) is 4.00. The lowest BCUT2D eigenvalue weighted by atomic mass is 10.1. The SMILES string of the molecule is CCC(C)NC(=O)c1cnc(NC)c2ccccc12. The van der Waals surface area contributed by atoms with E-state index in [1.165, 1.54) is 0 Å². The Labute approximate surface area is 113 Å². The second kappa shape index (κ2) is 5.69. The van der Waals surface area contributed by atoms with Crippen LogP contribution in [0.1, 0.15) is 30.6 Å². The predicted octanol–water partition coefficient (Wildman–Crippen LogP) is 2.80. The third-order valence-corrected chi connectivity index (χ3v) is 3.27. The van der Waals surface area contributed by atoms with E-state index in [0.717, 1.165) is 23.0 Å². The summed E-state index contributed by atoms with van der Waals surface area (Å²) in [6.45, 7) is 4.04. The monoisotopic (exact) mass is 257 g/mol. The maximum absolute atomic E-state index is 12.3. The highest BCUT2D eigenvalue weighted by molar-refractivity contribution is 6.09. The number of carbonyl (C=O) groups excluding carboxylic acids is 1. The summed E-state index contributed by atoms with van der Waals surface area (Å²) in [6.07, 6.45) is 2.54. The molecule has 4 nitrogen and oxygen atoms in total. The molecule has 100 valence electrons. The van der Waals surface area contributed by atoms with Crippen molar-refractivity contribution in [3.05, 3.63) is 36.0 Å². The third kappa shape index (κ3) is 2.67. The number of nitrogens with one attached hydrogen (secondary N) is 2. The van der Waals surface area contributed by atoms with Gasteiger partial charge in [-0.25, -0.2) is 4.98 Å². The molecule has 0 aliphatic carbocycles. The van der Waals surface area contributed by atoms with E-state index in [1.54, 1.807) is 6.20 Å². The summed E-state index contributed by atoms with van der Waals surface area (Å²) >= 11 is 0. The van der Waals surface area contributed by atoms with Crippen molar-refractivity contribution in [2.75, 3.05) is 12.4 Å². The van der Waals surface area contributed by atoms with Crippen LogP contribution in [0.4, 0.5) is 5.82 Å². The Hall–Kier alpha value is -2.10. The van der Waals surface area contributed by atoms with Crippen molar-refractivity contribution in [3.63, 3.8) is 0 Å². The van der Waals surface area contributed by atoms with E-state index in [1.807, 2.05) is 45.2 Å². The zero-order valence-electron chi connectivity index (χ0n) is 11.5. The van der Waals surface area contributed by atoms with Gasteiger partial charge in [-0.3, -0.25) is 4.79 Å². The molecule has 1 amide bonds. The summed E-state index contributed by atoms with van der Waals surface area (Å²) in [5, 5.41) is 7.90. The quantitative estimate of drug-likeness (QED) is 0.885. The van der Waals surface area contributed by atoms with Crippen molar-refractivity contribution >= 4 is 22.5 Å². The molecule has 1 heterocycles. The highest BCUT2D eigenvalue weighted by Gasteiger charge is 2.14. The first-order valence-electron chi connectivity index (χ1n) is 6.53. The van der Waals surface area contributed by atoms with E-state index in [0.29, 0.717) is 5.56 Å². The van der Waals surface area contributed by atoms with Crippen LogP contribution in [-0.4, -0.2) is 24.0 Å². The average molecular weight is 257 g/mol. The Morgan fingerprint density at radius 2 is 2.00 bits per heavy atom. The van der Waals surface area contributed by atoms with Gasteiger partial charge < -0.3 is 10.6 Å². The molecule has 0 fully saturated rings. The maximum atomic E-state index is 12.3. The van der Waals surface area contributed by atoms with Crippen LogP contribution >= 0.6 is 0 Å². The first-order chi connectivity index (χ1) is 9.17. The Bertz CT molecular complexity index is 595. The highest BCUT2D eigenvalue weighted by Crippen LogP contribution is 2.24. The first-order valence-corrected chi connectivity index (χ1v) is 6.53. The van der Waals surface area contributed by atoms with E-state index in [4.69, 9.17) is 0 Å². The number of rotatable bonds is 4. The molecule has 1 unspecified atom stereocenters. The number of amides is 1. The molecule has 0 saturated carbocycles. The fraction of sp³-hybridized carbons (Fsp3) is 0.333. The van der Waals surface area contributed by atoms with Crippen LogP contribution < -0.4 is 10.6 Å². The van der Waals surface area contributed by atoms with Crippen LogP contribution in [0.5, 0.6) is 0 Å². The van der Waals surface area contributed by atoms with Crippen molar-refractivity contribution < 1.29 is 4.79 Å². The number of aromatic nitrogens is 1. The minimum Gasteiger partial charge on any atom is -0.373 e. The zero-order chi connectivity index (χ0) is 13.8. The number of carbonyl (C=O) groups is 1. The summed E-state index contributed by atoms with van der Waals surface area (Å²) in [7, 11) is 1.83. The molecule has 2 N–H and O–H groups in total. The zero-order valence-corrected chi connectivity index (χ0v) is 11.5. The van der Waals surface area contributed by atoms with Crippen LogP contribution in [0.2, 0.25) is 0 Å². The highest BCUT2D eigenvalue weighted by atomic mass is 16.1. The van der Waals surface area contributed by atoms with Crippen LogP contribution in [0.3, 0.4) is 0 Å². The van der Waals surface area contributed by atoms with Gasteiger partial charge in [-0.1, -0.05) is 31.2 Å². The second-order valence-corrected chi connectivity index (χ2v) is 4.60. The lowest BCUT2D eigenvalue weighted by molar-refractivity contribution is 0.0940. The molecule has 0 spiro atoms. The van der Waals surface area contributed by atoms with Crippen molar-refractivity contribution in [3.8, 4) is 0 Å². The number of fused-ring (bicyclic) bond motifs is 1. The number of nitrogens with zero attached hydrogens (tertiary/aromatic N) is 1. The standard InChI is InChI=1S/C15H19N3O/c1-4-10(2)18-15(19)13-9-17-14(16-3)12-8-6-5-7-11(12)13/h5-10H,4H2,1-3H3,(H,16,17)(H,18,19). The van der Waals surface area contributed by atoms with E-state index in [9.17, 15) is 4.79 Å². The van der Waals surface area contributed by atoms with Crippen molar-refractivity contribution in [1.29, 1.82) is 0 Å². The molecular formula is C15H19N3O. The second-order valence-electron chi connectivity index (χ2n) is 4.60. The van der Waals surface area contributed by atoms with Gasteiger partial charge in [0.15, 0.2) is 0 Å². The topological polar surface area (TPSA) is 54.0 Å². The van der Waals surface area contributed by atoms with Crippen LogP contribution in [0, 0.1) is 0 Å². The summed E-state index contributed by atoms with van der Waals surface area (Å²) in [5.74, 6) is 0.719. The van der Waals surface area contributed by atoms with Crippen LogP contribution in [0.15, 0.2) is 30.5 Å². The summed E-state index contributed by atoms with van der Waals surface area (Å²) in [6, 6.07) is 7.95. The minimum absolute atomic E-state index is 0.0688. The largest absolute Gasteiger partial charge is 0.373 e. The minimum atomic E-state index is -0.0688. The van der Waals surface area contributed by atoms with Gasteiger partial charge in [-0.2, -0.15) is 0 Å². The summed E-state index contributed by atoms with van der Waals surface area (Å²) < 4.78 is 0. The molecule has 1 aromatic carbocycles. The number of pyridine rings is 1. The molecule has 2 rings (SSSR count). The van der Waals surface area contributed by atoms with E-state index >= 15 is 0 Å². The lowest BCUT2D eigenvalue weighted by Crippen LogP contribution is -2.32. The average Bonchev–Trinajstić information content (AvgIpc) is 2.45. The molecule has 0 saturated heterocycles. The molecule has 0 bridgehead atoms. The first kappa shape index (κ1) is 13.3. The fourth-order valence-corrected chi connectivity index (χ4v) is 1.98. The predicted molar refractivity (Wildman–Crippen MR) is 78.5 cm³/mol. The van der Waals surface area contributed by atoms with Crippen molar-refractivity contribution in [2.24, 2.45) is 0 Å². The molecule has 0 aliphatic heterocycles. The molecular weight excluding hydrogens is 238 g/mol. The van der Waals surface area contributed by atoms with E-state index in [2.05, 4.69) is 15.6 Å². The van der Waals surface area contributed by atoms with E-state index < -0.39 is 0 Å². The maximum Gasteiger partial charge on any atom is 0.253 e. The summed E-state index contributed by atoms with van der Waals surface area (Å²) in [5.41, 5.74) is 0.620. The molecule has 0 radical (unpaired) electrons. The van der Waals surface area contributed by atoms with Gasteiger partial charge in [0, 0.05) is 24.7 Å². The molecule has 1 atom stereocenters. The Balaban J connectivity index is 2.47. The van der Waals surface area contributed by atoms with Gasteiger partial charge in [0.05, 0.1) is 5.56 Å². The molecule has 19 heavy (non-hydrogen) atoms.